The predicted molar refractivity (Wildman–Crippen MR) is 130 cm³/mol. The lowest BCUT2D eigenvalue weighted by atomic mass is 10.1. The maximum atomic E-state index is 12.4. The molecule has 0 saturated heterocycles. The fourth-order valence-corrected chi connectivity index (χ4v) is 4.53. The molecular formula is C23H24ClN7OS. The summed E-state index contributed by atoms with van der Waals surface area (Å²) in [6.07, 6.45) is 5.16. The number of hydrogen-bond acceptors (Lipinski definition) is 6. The van der Waals surface area contributed by atoms with Crippen molar-refractivity contribution in [3.63, 3.8) is 0 Å². The van der Waals surface area contributed by atoms with Crippen molar-refractivity contribution < 1.29 is 4.79 Å². The van der Waals surface area contributed by atoms with Crippen LogP contribution < -0.4 is 5.73 Å². The van der Waals surface area contributed by atoms with Gasteiger partial charge < -0.3 is 10.3 Å². The van der Waals surface area contributed by atoms with Crippen molar-refractivity contribution >= 4 is 40.5 Å². The van der Waals surface area contributed by atoms with Gasteiger partial charge in [0, 0.05) is 28.3 Å². The Kier molecular flexibility index (Phi) is 7.31. The summed E-state index contributed by atoms with van der Waals surface area (Å²) in [5.41, 5.74) is 8.37. The van der Waals surface area contributed by atoms with Crippen molar-refractivity contribution in [2.45, 2.75) is 39.2 Å². The fraction of sp³-hybridized carbons (Fsp3) is 0.261. The number of rotatable bonds is 10. The number of tetrazole rings is 1. The number of hydrogen-bond donors (Lipinski definition) is 2. The third-order valence-electron chi connectivity index (χ3n) is 5.26. The van der Waals surface area contributed by atoms with Crippen molar-refractivity contribution in [2.75, 3.05) is 0 Å². The topological polar surface area (TPSA) is 115 Å². The highest BCUT2D eigenvalue weighted by atomic mass is 35.5. The van der Waals surface area contributed by atoms with Crippen molar-refractivity contribution in [3.05, 3.63) is 80.3 Å². The summed E-state index contributed by atoms with van der Waals surface area (Å²) >= 11 is 8.10. The maximum Gasteiger partial charge on any atom is 0.269 e. The Morgan fingerprint density at radius 1 is 1.27 bits per heavy atom. The molecular weight excluding hydrogens is 458 g/mol. The third kappa shape index (κ3) is 5.37. The largest absolute Gasteiger partial charge is 0.364 e. The van der Waals surface area contributed by atoms with Crippen molar-refractivity contribution in [1.29, 1.82) is 0 Å². The van der Waals surface area contributed by atoms with Crippen LogP contribution in [-0.4, -0.2) is 36.1 Å². The molecule has 0 fully saturated rings. The number of benzene rings is 1. The molecule has 3 aromatic heterocycles. The normalized spacial score (nSPS) is 11.8. The Balaban J connectivity index is 1.87. The number of allylic oxidation sites excluding steroid dienone is 1. The first-order chi connectivity index (χ1) is 16.1. The van der Waals surface area contributed by atoms with E-state index in [0.717, 1.165) is 41.1 Å². The molecule has 0 aliphatic carbocycles. The molecule has 1 aromatic carbocycles. The number of carbonyl (C=O) groups excluding carboxylic acids is 1. The predicted octanol–water partition coefficient (Wildman–Crippen LogP) is 4.38. The SMILES string of the molecule is CCCCc1nc(C(N)=O)c(/C=C(/Cc2cccs2)c2nnn[nH]2)n1Cc1ccccc1Cl. The van der Waals surface area contributed by atoms with Gasteiger partial charge in [-0.1, -0.05) is 49.2 Å². The number of H-pyrrole nitrogens is 1. The molecule has 0 unspecified atom stereocenters. The first kappa shape index (κ1) is 22.9. The van der Waals surface area contributed by atoms with E-state index in [-0.39, 0.29) is 5.69 Å². The Morgan fingerprint density at radius 3 is 2.79 bits per heavy atom. The number of thiophene rings is 1. The molecule has 170 valence electrons. The minimum absolute atomic E-state index is 0.226. The van der Waals surface area contributed by atoms with E-state index in [0.29, 0.717) is 29.5 Å². The zero-order chi connectivity index (χ0) is 23.2. The second kappa shape index (κ2) is 10.5. The summed E-state index contributed by atoms with van der Waals surface area (Å²) in [5, 5.41) is 17.1. The highest BCUT2D eigenvalue weighted by molar-refractivity contribution is 7.10. The molecule has 0 aliphatic rings. The molecule has 0 aliphatic heterocycles. The zero-order valence-electron chi connectivity index (χ0n) is 18.2. The lowest BCUT2D eigenvalue weighted by Gasteiger charge is -2.13. The standard InChI is InChI=1S/C23H24ClN7OS/c1-2-3-10-20-26-21(22(25)32)19(31(20)14-15-7-4-5-9-18(15)24)13-16(23-27-29-30-28-23)12-17-8-6-11-33-17/h4-9,11,13H,2-3,10,12,14H2,1H3,(H2,25,32)(H,27,28,29,30)/b16-13-. The number of nitrogens with two attached hydrogens (primary N) is 1. The summed E-state index contributed by atoms with van der Waals surface area (Å²) in [6.45, 7) is 2.58. The van der Waals surface area contributed by atoms with Crippen LogP contribution in [0.1, 0.15) is 58.0 Å². The van der Waals surface area contributed by atoms with E-state index in [1.54, 1.807) is 11.3 Å². The van der Waals surface area contributed by atoms with Crippen LogP contribution in [0.4, 0.5) is 0 Å². The van der Waals surface area contributed by atoms with Crippen molar-refractivity contribution in [2.24, 2.45) is 5.73 Å². The van der Waals surface area contributed by atoms with Crippen LogP contribution in [0.25, 0.3) is 11.6 Å². The Morgan fingerprint density at radius 2 is 2.12 bits per heavy atom. The van der Waals surface area contributed by atoms with Gasteiger partial charge in [0.05, 0.1) is 12.2 Å². The average molecular weight is 482 g/mol. The Hall–Kier alpha value is -3.30. The minimum Gasteiger partial charge on any atom is -0.364 e. The summed E-state index contributed by atoms with van der Waals surface area (Å²) in [5.74, 6) is 0.741. The highest BCUT2D eigenvalue weighted by Crippen LogP contribution is 2.27. The van der Waals surface area contributed by atoms with Crippen LogP contribution in [0.3, 0.4) is 0 Å². The summed E-state index contributed by atoms with van der Waals surface area (Å²) < 4.78 is 2.02. The van der Waals surface area contributed by atoms with Crippen LogP contribution in [0.15, 0.2) is 41.8 Å². The molecule has 0 radical (unpaired) electrons. The Labute approximate surface area is 200 Å². The van der Waals surface area contributed by atoms with Crippen LogP contribution in [0.5, 0.6) is 0 Å². The number of aryl methyl sites for hydroxylation is 1. The second-order valence-electron chi connectivity index (χ2n) is 7.58. The molecule has 0 atom stereocenters. The quantitative estimate of drug-likeness (QED) is 0.348. The number of primary amides is 1. The van der Waals surface area contributed by atoms with Gasteiger partial charge in [-0.25, -0.2) is 10.1 Å². The molecule has 3 N–H and O–H groups in total. The number of carbonyl (C=O) groups is 1. The molecule has 8 nitrogen and oxygen atoms in total. The number of unbranched alkanes of at least 4 members (excludes halogenated alkanes) is 1. The van der Waals surface area contributed by atoms with Gasteiger partial charge in [-0.2, -0.15) is 0 Å². The number of amides is 1. The molecule has 4 rings (SSSR count). The molecule has 3 heterocycles. The van der Waals surface area contributed by atoms with Gasteiger partial charge in [-0.15, -0.1) is 16.4 Å². The number of aromatic nitrogens is 6. The van der Waals surface area contributed by atoms with Crippen LogP contribution in [-0.2, 0) is 19.4 Å². The van der Waals surface area contributed by atoms with E-state index in [1.165, 1.54) is 0 Å². The summed E-state index contributed by atoms with van der Waals surface area (Å²) in [6, 6.07) is 11.7. The van der Waals surface area contributed by atoms with E-state index < -0.39 is 5.91 Å². The highest BCUT2D eigenvalue weighted by Gasteiger charge is 2.21. The van der Waals surface area contributed by atoms with E-state index in [9.17, 15) is 4.79 Å². The molecule has 10 heteroatoms. The third-order valence-corrected chi connectivity index (χ3v) is 6.51. The van der Waals surface area contributed by atoms with E-state index in [4.69, 9.17) is 17.3 Å². The van der Waals surface area contributed by atoms with Crippen LogP contribution in [0.2, 0.25) is 5.02 Å². The van der Waals surface area contributed by atoms with Crippen LogP contribution >= 0.6 is 22.9 Å². The summed E-state index contributed by atoms with van der Waals surface area (Å²) in [7, 11) is 0. The lowest BCUT2D eigenvalue weighted by molar-refractivity contribution is 0.0995. The van der Waals surface area contributed by atoms with Gasteiger partial charge in [0.25, 0.3) is 5.91 Å². The molecule has 0 saturated carbocycles. The zero-order valence-corrected chi connectivity index (χ0v) is 19.7. The van der Waals surface area contributed by atoms with Gasteiger partial charge in [-0.3, -0.25) is 4.79 Å². The fourth-order valence-electron chi connectivity index (χ4n) is 3.60. The molecule has 4 aromatic rings. The minimum atomic E-state index is -0.580. The monoisotopic (exact) mass is 481 g/mol. The van der Waals surface area contributed by atoms with Gasteiger partial charge in [-0.05, 0) is 46.0 Å². The lowest BCUT2D eigenvalue weighted by Crippen LogP contribution is -2.14. The van der Waals surface area contributed by atoms with E-state index >= 15 is 0 Å². The van der Waals surface area contributed by atoms with Crippen molar-refractivity contribution in [3.8, 4) is 0 Å². The van der Waals surface area contributed by atoms with E-state index in [2.05, 4.69) is 32.5 Å². The second-order valence-corrected chi connectivity index (χ2v) is 9.02. The summed E-state index contributed by atoms with van der Waals surface area (Å²) in [4.78, 5) is 18.2. The maximum absolute atomic E-state index is 12.4. The molecule has 33 heavy (non-hydrogen) atoms. The number of aromatic amines is 1. The van der Waals surface area contributed by atoms with E-state index in [1.807, 2.05) is 52.4 Å². The van der Waals surface area contributed by atoms with Gasteiger partial charge in [0.1, 0.15) is 5.82 Å². The van der Waals surface area contributed by atoms with Gasteiger partial charge in [0.15, 0.2) is 11.5 Å². The first-order valence-corrected chi connectivity index (χ1v) is 11.9. The van der Waals surface area contributed by atoms with Crippen molar-refractivity contribution in [1.82, 2.24) is 30.2 Å². The number of nitrogens with zero attached hydrogens (tertiary/aromatic N) is 5. The molecule has 0 spiro atoms. The number of imidazole rings is 1. The van der Waals surface area contributed by atoms with Gasteiger partial charge >= 0.3 is 0 Å². The van der Waals surface area contributed by atoms with Crippen LogP contribution in [0, 0.1) is 0 Å². The smallest absolute Gasteiger partial charge is 0.269 e. The van der Waals surface area contributed by atoms with Gasteiger partial charge in [0.2, 0.25) is 0 Å². The Bertz CT molecular complexity index is 1250. The number of nitrogens with one attached hydrogen (secondary N) is 1. The average Bonchev–Trinajstić information content (AvgIpc) is 3.56. The molecule has 0 bridgehead atoms. The number of halogens is 1. The first-order valence-electron chi connectivity index (χ1n) is 10.7. The molecule has 1 amide bonds.